The summed E-state index contributed by atoms with van der Waals surface area (Å²) in [6.07, 6.45) is 4.06. The van der Waals surface area contributed by atoms with E-state index in [-0.39, 0.29) is 29.3 Å². The van der Waals surface area contributed by atoms with Gasteiger partial charge in [0.05, 0.1) is 11.3 Å². The van der Waals surface area contributed by atoms with Gasteiger partial charge in [-0.15, -0.1) is 0 Å². The Labute approximate surface area is 121 Å². The Bertz CT molecular complexity index is 656. The lowest BCUT2D eigenvalue weighted by Crippen LogP contribution is -2.15. The van der Waals surface area contributed by atoms with Crippen molar-refractivity contribution in [1.82, 2.24) is 4.98 Å². The molecule has 1 amide bonds. The summed E-state index contributed by atoms with van der Waals surface area (Å²) in [6.45, 7) is 0. The fourth-order valence-corrected chi connectivity index (χ4v) is 1.84. The number of aromatic carboxylic acids is 1. The molecule has 1 aromatic carbocycles. The van der Waals surface area contributed by atoms with E-state index in [1.165, 1.54) is 12.1 Å². The monoisotopic (exact) mass is 286 g/mol. The number of nitrogens with zero attached hydrogens (tertiary/aromatic N) is 1. The van der Waals surface area contributed by atoms with Crippen molar-refractivity contribution in [3.8, 4) is 5.75 Å². The minimum Gasteiger partial charge on any atom is -0.508 e. The number of pyridine rings is 1. The number of hydrogen-bond donors (Lipinski definition) is 3. The van der Waals surface area contributed by atoms with Gasteiger partial charge in [0, 0.05) is 18.8 Å². The fourth-order valence-electron chi connectivity index (χ4n) is 1.84. The van der Waals surface area contributed by atoms with Gasteiger partial charge >= 0.3 is 5.97 Å². The molecule has 0 aliphatic rings. The molecule has 0 atom stereocenters. The number of carboxylic acids is 1. The summed E-state index contributed by atoms with van der Waals surface area (Å²) in [5, 5.41) is 20.9. The second-order valence-electron chi connectivity index (χ2n) is 4.44. The average Bonchev–Trinajstić information content (AvgIpc) is 2.48. The topological polar surface area (TPSA) is 99.5 Å². The number of aromatic hydroxyl groups is 1. The van der Waals surface area contributed by atoms with E-state index in [0.717, 1.165) is 11.6 Å². The molecule has 0 aliphatic carbocycles. The fraction of sp³-hybridized carbons (Fsp3) is 0.133. The van der Waals surface area contributed by atoms with Gasteiger partial charge in [-0.25, -0.2) is 4.79 Å². The first-order chi connectivity index (χ1) is 10.1. The number of benzene rings is 1. The smallest absolute Gasteiger partial charge is 0.337 e. The third kappa shape index (κ3) is 4.04. The number of rotatable bonds is 5. The van der Waals surface area contributed by atoms with Crippen molar-refractivity contribution >= 4 is 17.6 Å². The minimum atomic E-state index is -1.21. The molecule has 1 aromatic heterocycles. The Morgan fingerprint density at radius 1 is 1.14 bits per heavy atom. The van der Waals surface area contributed by atoms with Crippen LogP contribution in [0.1, 0.15) is 22.3 Å². The zero-order valence-electron chi connectivity index (χ0n) is 11.1. The van der Waals surface area contributed by atoms with Gasteiger partial charge in [0.1, 0.15) is 5.75 Å². The van der Waals surface area contributed by atoms with Gasteiger partial charge in [-0.1, -0.05) is 0 Å². The van der Waals surface area contributed by atoms with Crippen LogP contribution in [0.15, 0.2) is 42.7 Å². The number of amides is 1. The Kier molecular flexibility index (Phi) is 4.50. The lowest BCUT2D eigenvalue weighted by atomic mass is 10.1. The first-order valence-electron chi connectivity index (χ1n) is 6.31. The molecule has 0 radical (unpaired) electrons. The summed E-state index contributed by atoms with van der Waals surface area (Å²) in [5.41, 5.74) is 0.997. The lowest BCUT2D eigenvalue weighted by molar-refractivity contribution is -0.116. The molecule has 6 nitrogen and oxygen atoms in total. The highest BCUT2D eigenvalue weighted by Crippen LogP contribution is 2.21. The summed E-state index contributed by atoms with van der Waals surface area (Å²) in [6, 6.07) is 7.42. The van der Waals surface area contributed by atoms with Crippen molar-refractivity contribution in [1.29, 1.82) is 0 Å². The van der Waals surface area contributed by atoms with Crippen LogP contribution in [0.3, 0.4) is 0 Å². The van der Waals surface area contributed by atoms with E-state index in [9.17, 15) is 14.7 Å². The largest absolute Gasteiger partial charge is 0.508 e. The number of phenolic OH excluding ortho intramolecular Hbond substituents is 1. The third-order valence-corrected chi connectivity index (χ3v) is 2.90. The Hall–Kier alpha value is -2.89. The summed E-state index contributed by atoms with van der Waals surface area (Å²) in [7, 11) is 0. The Balaban J connectivity index is 2.01. The van der Waals surface area contributed by atoms with Gasteiger partial charge in [0.25, 0.3) is 0 Å². The summed E-state index contributed by atoms with van der Waals surface area (Å²) in [5.74, 6) is -1.67. The number of aryl methyl sites for hydroxylation is 1. The van der Waals surface area contributed by atoms with Crippen LogP contribution in [-0.2, 0) is 11.2 Å². The van der Waals surface area contributed by atoms with Crippen LogP contribution < -0.4 is 5.32 Å². The predicted molar refractivity (Wildman–Crippen MR) is 76.3 cm³/mol. The van der Waals surface area contributed by atoms with Crippen LogP contribution >= 0.6 is 0 Å². The zero-order chi connectivity index (χ0) is 15.2. The number of carbonyl (C=O) groups excluding carboxylic acids is 1. The Morgan fingerprint density at radius 2 is 1.86 bits per heavy atom. The molecule has 0 bridgehead atoms. The predicted octanol–water partition coefficient (Wildman–Crippen LogP) is 2.06. The molecule has 21 heavy (non-hydrogen) atoms. The van der Waals surface area contributed by atoms with E-state index in [2.05, 4.69) is 10.3 Å². The molecular formula is C15H14N2O4. The van der Waals surface area contributed by atoms with E-state index in [0.29, 0.717) is 6.42 Å². The van der Waals surface area contributed by atoms with Gasteiger partial charge in [-0.05, 0) is 42.3 Å². The molecular weight excluding hydrogens is 272 g/mol. The molecule has 0 unspecified atom stereocenters. The maximum Gasteiger partial charge on any atom is 0.337 e. The standard InChI is InChI=1S/C15H14N2O4/c18-11-2-3-13(12(9-11)15(20)21)17-14(19)4-1-10-5-7-16-8-6-10/h2-3,5-9,18H,1,4H2,(H,17,19)(H,20,21). The highest BCUT2D eigenvalue weighted by molar-refractivity contribution is 6.00. The van der Waals surface area contributed by atoms with Crippen molar-refractivity contribution < 1.29 is 19.8 Å². The van der Waals surface area contributed by atoms with Crippen LogP contribution in [-0.4, -0.2) is 27.1 Å². The molecule has 1 heterocycles. The SMILES string of the molecule is O=C(CCc1ccncc1)Nc1ccc(O)cc1C(=O)O. The summed E-state index contributed by atoms with van der Waals surface area (Å²) in [4.78, 5) is 26.8. The molecule has 0 spiro atoms. The van der Waals surface area contributed by atoms with Crippen molar-refractivity contribution in [2.75, 3.05) is 5.32 Å². The van der Waals surface area contributed by atoms with E-state index >= 15 is 0 Å². The number of anilines is 1. The highest BCUT2D eigenvalue weighted by atomic mass is 16.4. The number of aromatic nitrogens is 1. The quantitative estimate of drug-likeness (QED) is 0.730. The minimum absolute atomic E-state index is 0.146. The molecule has 6 heteroatoms. The molecule has 0 fully saturated rings. The molecule has 108 valence electrons. The number of nitrogens with one attached hydrogen (secondary N) is 1. The summed E-state index contributed by atoms with van der Waals surface area (Å²) >= 11 is 0. The van der Waals surface area contributed by atoms with E-state index in [4.69, 9.17) is 5.11 Å². The van der Waals surface area contributed by atoms with Gasteiger partial charge in [0.15, 0.2) is 0 Å². The Morgan fingerprint density at radius 3 is 2.52 bits per heavy atom. The molecule has 0 saturated carbocycles. The second-order valence-corrected chi connectivity index (χ2v) is 4.44. The number of carbonyl (C=O) groups is 2. The van der Waals surface area contributed by atoms with Crippen LogP contribution in [0.25, 0.3) is 0 Å². The first kappa shape index (κ1) is 14.5. The lowest BCUT2D eigenvalue weighted by Gasteiger charge is -2.09. The second kappa shape index (κ2) is 6.51. The van der Waals surface area contributed by atoms with E-state index < -0.39 is 5.97 Å². The van der Waals surface area contributed by atoms with E-state index in [1.807, 2.05) is 12.1 Å². The van der Waals surface area contributed by atoms with Gasteiger partial charge < -0.3 is 15.5 Å². The zero-order valence-corrected chi connectivity index (χ0v) is 11.1. The van der Waals surface area contributed by atoms with Crippen molar-refractivity contribution in [2.45, 2.75) is 12.8 Å². The molecule has 0 aliphatic heterocycles. The average molecular weight is 286 g/mol. The van der Waals surface area contributed by atoms with Crippen LogP contribution in [0.4, 0.5) is 5.69 Å². The molecule has 3 N–H and O–H groups in total. The number of phenols is 1. The number of carboxylic acid groups (broad SMARTS) is 1. The maximum absolute atomic E-state index is 11.9. The van der Waals surface area contributed by atoms with Crippen molar-refractivity contribution in [3.63, 3.8) is 0 Å². The van der Waals surface area contributed by atoms with Crippen LogP contribution in [0, 0.1) is 0 Å². The summed E-state index contributed by atoms with van der Waals surface area (Å²) < 4.78 is 0. The van der Waals surface area contributed by atoms with Gasteiger partial charge in [0.2, 0.25) is 5.91 Å². The van der Waals surface area contributed by atoms with Crippen molar-refractivity contribution in [2.24, 2.45) is 0 Å². The normalized spacial score (nSPS) is 10.1. The molecule has 2 aromatic rings. The maximum atomic E-state index is 11.9. The molecule has 2 rings (SSSR count). The third-order valence-electron chi connectivity index (χ3n) is 2.90. The van der Waals surface area contributed by atoms with E-state index in [1.54, 1.807) is 12.4 Å². The first-order valence-corrected chi connectivity index (χ1v) is 6.31. The van der Waals surface area contributed by atoms with Crippen LogP contribution in [0.5, 0.6) is 5.75 Å². The van der Waals surface area contributed by atoms with Gasteiger partial charge in [-0.3, -0.25) is 9.78 Å². The van der Waals surface area contributed by atoms with Crippen LogP contribution in [0.2, 0.25) is 0 Å². The van der Waals surface area contributed by atoms with Crippen molar-refractivity contribution in [3.05, 3.63) is 53.9 Å². The number of hydrogen-bond acceptors (Lipinski definition) is 4. The van der Waals surface area contributed by atoms with Gasteiger partial charge in [-0.2, -0.15) is 0 Å². The highest BCUT2D eigenvalue weighted by Gasteiger charge is 2.13. The molecule has 0 saturated heterocycles.